The van der Waals surface area contributed by atoms with Crippen molar-refractivity contribution in [2.24, 2.45) is 0 Å². The summed E-state index contributed by atoms with van der Waals surface area (Å²) in [6.45, 7) is 6.17. The van der Waals surface area contributed by atoms with Gasteiger partial charge < -0.3 is 5.32 Å². The normalized spacial score (nSPS) is 8.57. The van der Waals surface area contributed by atoms with Gasteiger partial charge in [-0.1, -0.05) is 20.3 Å². The summed E-state index contributed by atoms with van der Waals surface area (Å²) < 4.78 is 0. The number of nitrogens with zero attached hydrogens (tertiary/aromatic N) is 1. The fourth-order valence-electron chi connectivity index (χ4n) is 0.788. The summed E-state index contributed by atoms with van der Waals surface area (Å²) in [5.74, 6) is -0.145. The number of aromatic nitrogens is 1. The molecule has 0 bridgehead atoms. The van der Waals surface area contributed by atoms with Crippen LogP contribution < -0.4 is 5.32 Å². The molecule has 0 aliphatic heterocycles. The lowest BCUT2D eigenvalue weighted by atomic mass is 10.2. The Hall–Kier alpha value is -1.38. The Morgan fingerprint density at radius 1 is 1.50 bits per heavy atom. The molecule has 0 aliphatic carbocycles. The second kappa shape index (κ2) is 7.06. The number of amides is 1. The summed E-state index contributed by atoms with van der Waals surface area (Å²) in [4.78, 5) is 14.9. The largest absolute Gasteiger partial charge is 0.354 e. The zero-order chi connectivity index (χ0) is 11.0. The molecule has 0 unspecified atom stereocenters. The lowest BCUT2D eigenvalue weighted by Crippen LogP contribution is -2.19. The van der Waals surface area contributed by atoms with Gasteiger partial charge in [0.05, 0.1) is 0 Å². The first-order valence-corrected chi connectivity index (χ1v) is 4.80. The van der Waals surface area contributed by atoms with Crippen molar-refractivity contribution in [1.29, 1.82) is 0 Å². The summed E-state index contributed by atoms with van der Waals surface area (Å²) in [5.41, 5.74) is 1.51. The zero-order valence-corrected chi connectivity index (χ0v) is 9.29. The van der Waals surface area contributed by atoms with Crippen LogP contribution in [0.4, 0.5) is 0 Å². The first-order chi connectivity index (χ1) is 6.65. The van der Waals surface area contributed by atoms with E-state index in [1.807, 2.05) is 13.0 Å². The lowest BCUT2D eigenvalue weighted by Gasteiger charge is -1.98. The third-order valence-corrected chi connectivity index (χ3v) is 1.38. The van der Waals surface area contributed by atoms with Crippen molar-refractivity contribution in [3.05, 3.63) is 29.6 Å². The molecule has 1 rings (SSSR count). The average Bonchev–Trinajstić information content (AvgIpc) is 2.18. The topological polar surface area (TPSA) is 42.0 Å². The number of carbonyl (C=O) groups is 1. The first-order valence-electron chi connectivity index (χ1n) is 4.80. The van der Waals surface area contributed by atoms with Crippen molar-refractivity contribution in [1.82, 2.24) is 10.3 Å². The summed E-state index contributed by atoms with van der Waals surface area (Å²) >= 11 is 0. The number of hydrogen-bond acceptors (Lipinski definition) is 2. The van der Waals surface area contributed by atoms with E-state index in [9.17, 15) is 4.79 Å². The third kappa shape index (κ3) is 4.60. The SMILES string of the molecule is CCC.CNC(=O)c1cc(C)ccn1. The maximum absolute atomic E-state index is 11.0. The van der Waals surface area contributed by atoms with Gasteiger partial charge in [-0.15, -0.1) is 0 Å². The maximum Gasteiger partial charge on any atom is 0.269 e. The van der Waals surface area contributed by atoms with Gasteiger partial charge in [-0.3, -0.25) is 9.78 Å². The smallest absolute Gasteiger partial charge is 0.269 e. The van der Waals surface area contributed by atoms with Gasteiger partial charge in [0.1, 0.15) is 5.69 Å². The molecule has 1 aromatic heterocycles. The predicted molar refractivity (Wildman–Crippen MR) is 58.3 cm³/mol. The van der Waals surface area contributed by atoms with Crippen molar-refractivity contribution in [3.63, 3.8) is 0 Å². The molecule has 1 amide bonds. The van der Waals surface area contributed by atoms with E-state index in [0.717, 1.165) is 5.56 Å². The van der Waals surface area contributed by atoms with Crippen LogP contribution in [0.1, 0.15) is 36.3 Å². The highest BCUT2D eigenvalue weighted by Gasteiger charge is 2.02. The number of aryl methyl sites for hydroxylation is 1. The van der Waals surface area contributed by atoms with E-state index in [1.54, 1.807) is 19.3 Å². The van der Waals surface area contributed by atoms with Crippen molar-refractivity contribution in [3.8, 4) is 0 Å². The molecule has 3 nitrogen and oxygen atoms in total. The van der Waals surface area contributed by atoms with Gasteiger partial charge in [0.2, 0.25) is 0 Å². The second-order valence-electron chi connectivity index (χ2n) is 3.00. The highest BCUT2D eigenvalue weighted by atomic mass is 16.1. The molecule has 1 aromatic rings. The highest BCUT2D eigenvalue weighted by molar-refractivity contribution is 5.92. The molecule has 3 heteroatoms. The van der Waals surface area contributed by atoms with E-state index in [1.165, 1.54) is 6.42 Å². The van der Waals surface area contributed by atoms with E-state index >= 15 is 0 Å². The summed E-state index contributed by atoms with van der Waals surface area (Å²) in [7, 11) is 1.59. The molecule has 0 fully saturated rings. The summed E-state index contributed by atoms with van der Waals surface area (Å²) in [5, 5.41) is 2.51. The quantitative estimate of drug-likeness (QED) is 0.744. The van der Waals surface area contributed by atoms with Gasteiger partial charge >= 0.3 is 0 Å². The molecule has 0 radical (unpaired) electrons. The maximum atomic E-state index is 11.0. The van der Waals surface area contributed by atoms with Crippen molar-refractivity contribution in [2.75, 3.05) is 7.05 Å². The van der Waals surface area contributed by atoms with Crippen molar-refractivity contribution in [2.45, 2.75) is 27.2 Å². The van der Waals surface area contributed by atoms with Gasteiger partial charge in [0.15, 0.2) is 0 Å². The molecule has 0 atom stereocenters. The number of hydrogen-bond donors (Lipinski definition) is 1. The van der Waals surface area contributed by atoms with Crippen LogP contribution in [0.25, 0.3) is 0 Å². The van der Waals surface area contributed by atoms with Crippen LogP contribution in [0.3, 0.4) is 0 Å². The molecule has 1 heterocycles. The minimum Gasteiger partial charge on any atom is -0.354 e. The highest BCUT2D eigenvalue weighted by Crippen LogP contribution is 1.98. The van der Waals surface area contributed by atoms with Gasteiger partial charge in [-0.25, -0.2) is 0 Å². The molecule has 0 spiro atoms. The Morgan fingerprint density at radius 2 is 2.07 bits per heavy atom. The van der Waals surface area contributed by atoms with Gasteiger partial charge in [0, 0.05) is 13.2 Å². The zero-order valence-electron chi connectivity index (χ0n) is 9.29. The predicted octanol–water partition coefficient (Wildman–Crippen LogP) is 2.17. The Kier molecular flexibility index (Phi) is 6.37. The monoisotopic (exact) mass is 194 g/mol. The number of rotatable bonds is 1. The molecular weight excluding hydrogens is 176 g/mol. The van der Waals surface area contributed by atoms with E-state index in [0.29, 0.717) is 5.69 Å². The molecule has 0 aliphatic rings. The number of carbonyl (C=O) groups excluding carboxylic acids is 1. The standard InChI is InChI=1S/C8H10N2O.C3H8/c1-6-3-4-10-7(5-6)8(11)9-2;1-3-2/h3-5H,1-2H3,(H,9,11);3H2,1-2H3. The van der Waals surface area contributed by atoms with Gasteiger partial charge in [-0.2, -0.15) is 0 Å². The average molecular weight is 194 g/mol. The van der Waals surface area contributed by atoms with E-state index < -0.39 is 0 Å². The van der Waals surface area contributed by atoms with Crippen LogP contribution in [-0.4, -0.2) is 17.9 Å². The third-order valence-electron chi connectivity index (χ3n) is 1.38. The summed E-state index contributed by atoms with van der Waals surface area (Å²) in [6.07, 6.45) is 2.87. The van der Waals surface area contributed by atoms with E-state index in [4.69, 9.17) is 0 Å². The second-order valence-corrected chi connectivity index (χ2v) is 3.00. The van der Waals surface area contributed by atoms with Crippen LogP contribution >= 0.6 is 0 Å². The minimum atomic E-state index is -0.145. The van der Waals surface area contributed by atoms with Crippen LogP contribution in [0, 0.1) is 6.92 Å². The molecule has 0 saturated carbocycles. The van der Waals surface area contributed by atoms with Crippen LogP contribution in [-0.2, 0) is 0 Å². The van der Waals surface area contributed by atoms with E-state index in [-0.39, 0.29) is 5.91 Å². The first kappa shape index (κ1) is 12.6. The molecule has 78 valence electrons. The van der Waals surface area contributed by atoms with Crippen LogP contribution in [0.2, 0.25) is 0 Å². The van der Waals surface area contributed by atoms with Crippen LogP contribution in [0.15, 0.2) is 18.3 Å². The van der Waals surface area contributed by atoms with Crippen LogP contribution in [0.5, 0.6) is 0 Å². The Labute approximate surface area is 85.6 Å². The van der Waals surface area contributed by atoms with E-state index in [2.05, 4.69) is 24.1 Å². The molecule has 14 heavy (non-hydrogen) atoms. The molecular formula is C11H18N2O. The van der Waals surface area contributed by atoms with Gasteiger partial charge in [-0.05, 0) is 24.6 Å². The van der Waals surface area contributed by atoms with Crippen molar-refractivity contribution < 1.29 is 4.79 Å². The molecule has 0 aromatic carbocycles. The number of pyridine rings is 1. The lowest BCUT2D eigenvalue weighted by molar-refractivity contribution is 0.0958. The Bertz CT molecular complexity index is 284. The molecule has 1 N–H and O–H groups in total. The van der Waals surface area contributed by atoms with Gasteiger partial charge in [0.25, 0.3) is 5.91 Å². The Balaban J connectivity index is 0.000000500. The van der Waals surface area contributed by atoms with Crippen molar-refractivity contribution >= 4 is 5.91 Å². The fourth-order valence-corrected chi connectivity index (χ4v) is 0.788. The summed E-state index contributed by atoms with van der Waals surface area (Å²) in [6, 6.07) is 3.60. The molecule has 0 saturated heterocycles. The Morgan fingerprint density at radius 3 is 2.50 bits per heavy atom. The number of nitrogens with one attached hydrogen (secondary N) is 1. The minimum absolute atomic E-state index is 0.145. The fraction of sp³-hybridized carbons (Fsp3) is 0.455.